The molecule has 0 aromatic heterocycles. The van der Waals surface area contributed by atoms with Crippen LogP contribution in [0.4, 0.5) is 5.69 Å². The van der Waals surface area contributed by atoms with E-state index in [9.17, 15) is 19.5 Å². The van der Waals surface area contributed by atoms with Gasteiger partial charge in [0.1, 0.15) is 0 Å². The number of rotatable bonds is 5. The number of aliphatic carboxylic acids is 1. The molecular formula is C19H24N2O4. The molecule has 3 atom stereocenters. The van der Waals surface area contributed by atoms with Crippen molar-refractivity contribution in [2.24, 2.45) is 11.3 Å². The molecule has 6 nitrogen and oxygen atoms in total. The van der Waals surface area contributed by atoms with Crippen LogP contribution in [-0.4, -0.2) is 46.8 Å². The van der Waals surface area contributed by atoms with E-state index in [2.05, 4.69) is 5.32 Å². The Hall–Kier alpha value is -2.21. The normalized spacial score (nSPS) is 26.9. The van der Waals surface area contributed by atoms with Crippen LogP contribution in [0.15, 0.2) is 24.3 Å². The van der Waals surface area contributed by atoms with Crippen molar-refractivity contribution in [3.63, 3.8) is 0 Å². The number of Topliss-reactive ketones (excluding diaryl/α,β-unsaturated/α-hetero) is 1. The van der Waals surface area contributed by atoms with E-state index in [4.69, 9.17) is 0 Å². The van der Waals surface area contributed by atoms with Crippen LogP contribution in [0.1, 0.15) is 43.5 Å². The Morgan fingerprint density at radius 1 is 1.36 bits per heavy atom. The van der Waals surface area contributed by atoms with Gasteiger partial charge < -0.3 is 10.4 Å². The minimum atomic E-state index is -0.737. The molecule has 2 N–H and O–H groups in total. The summed E-state index contributed by atoms with van der Waals surface area (Å²) in [6, 6.07) is 6.43. The first-order valence-corrected chi connectivity index (χ1v) is 8.73. The average Bonchev–Trinajstić information content (AvgIpc) is 3.12. The van der Waals surface area contributed by atoms with Crippen LogP contribution < -0.4 is 5.32 Å². The summed E-state index contributed by atoms with van der Waals surface area (Å²) >= 11 is 0. The van der Waals surface area contributed by atoms with E-state index in [1.54, 1.807) is 31.2 Å². The number of anilines is 1. The van der Waals surface area contributed by atoms with Crippen LogP contribution in [0.5, 0.6) is 0 Å². The monoisotopic (exact) mass is 344 g/mol. The summed E-state index contributed by atoms with van der Waals surface area (Å²) in [4.78, 5) is 37.8. The molecule has 1 aliphatic carbocycles. The van der Waals surface area contributed by atoms with Gasteiger partial charge in [0, 0.05) is 24.3 Å². The number of nitrogens with zero attached hydrogens (tertiary/aromatic N) is 1. The molecule has 1 saturated heterocycles. The third kappa shape index (κ3) is 3.18. The summed E-state index contributed by atoms with van der Waals surface area (Å²) in [5.74, 6) is -0.846. The molecule has 134 valence electrons. The van der Waals surface area contributed by atoms with E-state index in [0.29, 0.717) is 30.8 Å². The van der Waals surface area contributed by atoms with Crippen LogP contribution in [0, 0.1) is 11.3 Å². The Kier molecular flexibility index (Phi) is 4.64. The molecule has 1 unspecified atom stereocenters. The summed E-state index contributed by atoms with van der Waals surface area (Å²) in [5.41, 5.74) is 0.436. The molecule has 1 amide bonds. The molecule has 0 spiro atoms. The number of carboxylic acids is 1. The summed E-state index contributed by atoms with van der Waals surface area (Å²) in [5, 5.41) is 12.5. The molecule has 25 heavy (non-hydrogen) atoms. The fourth-order valence-electron chi connectivity index (χ4n) is 4.20. The molecule has 3 rings (SSSR count). The number of hydrogen-bond acceptors (Lipinski definition) is 4. The van der Waals surface area contributed by atoms with Gasteiger partial charge in [0.2, 0.25) is 5.91 Å². The maximum atomic E-state index is 12.6. The van der Waals surface area contributed by atoms with Gasteiger partial charge in [0.05, 0.1) is 11.5 Å². The summed E-state index contributed by atoms with van der Waals surface area (Å²) < 4.78 is 0. The lowest BCUT2D eigenvalue weighted by Gasteiger charge is -2.26. The molecule has 0 radical (unpaired) electrons. The number of carbonyl (C=O) groups is 3. The fraction of sp³-hybridized carbons (Fsp3) is 0.526. The number of carbonyl (C=O) groups excluding carboxylic acids is 2. The van der Waals surface area contributed by atoms with E-state index < -0.39 is 17.4 Å². The van der Waals surface area contributed by atoms with E-state index in [1.807, 2.05) is 4.90 Å². The van der Waals surface area contributed by atoms with Crippen molar-refractivity contribution < 1.29 is 19.5 Å². The Morgan fingerprint density at radius 2 is 2.12 bits per heavy atom. The number of nitrogens with one attached hydrogen (secondary N) is 1. The van der Waals surface area contributed by atoms with E-state index in [1.165, 1.54) is 6.92 Å². The van der Waals surface area contributed by atoms with Crippen molar-refractivity contribution in [2.45, 2.75) is 39.2 Å². The summed E-state index contributed by atoms with van der Waals surface area (Å²) in [7, 11) is 0. The largest absolute Gasteiger partial charge is 0.481 e. The van der Waals surface area contributed by atoms with Gasteiger partial charge in [-0.3, -0.25) is 19.3 Å². The zero-order valence-corrected chi connectivity index (χ0v) is 14.6. The van der Waals surface area contributed by atoms with Gasteiger partial charge in [0.25, 0.3) is 0 Å². The lowest BCUT2D eigenvalue weighted by molar-refractivity contribution is -0.149. The standard InChI is InChI=1S/C19H24N2O4/c1-12(17(23)20-16-7-3-5-14(9-16)13(2)22)21-10-15-6-4-8-19(15,11-21)18(24)25/h3,5,7,9,12,15H,4,6,8,10-11H2,1-2H3,(H,20,23)(H,24,25)/t12?,15-,19+/m0/s1. The van der Waals surface area contributed by atoms with Crippen molar-refractivity contribution in [1.29, 1.82) is 0 Å². The third-order valence-corrected chi connectivity index (χ3v) is 5.79. The maximum Gasteiger partial charge on any atom is 0.311 e. The van der Waals surface area contributed by atoms with Crippen molar-refractivity contribution in [3.8, 4) is 0 Å². The van der Waals surface area contributed by atoms with Gasteiger partial charge in [-0.2, -0.15) is 0 Å². The molecule has 0 bridgehead atoms. The molecule has 1 aromatic carbocycles. The van der Waals surface area contributed by atoms with Crippen LogP contribution in [0.2, 0.25) is 0 Å². The fourth-order valence-corrected chi connectivity index (χ4v) is 4.20. The van der Waals surface area contributed by atoms with Crippen LogP contribution in [0.3, 0.4) is 0 Å². The second-order valence-electron chi connectivity index (χ2n) is 7.28. The van der Waals surface area contributed by atoms with E-state index in [-0.39, 0.29) is 17.6 Å². The predicted molar refractivity (Wildman–Crippen MR) is 93.5 cm³/mol. The zero-order chi connectivity index (χ0) is 18.2. The topological polar surface area (TPSA) is 86.7 Å². The van der Waals surface area contributed by atoms with Crippen molar-refractivity contribution in [3.05, 3.63) is 29.8 Å². The number of amides is 1. The van der Waals surface area contributed by atoms with Crippen LogP contribution >= 0.6 is 0 Å². The molecule has 1 heterocycles. The zero-order valence-electron chi connectivity index (χ0n) is 14.6. The highest BCUT2D eigenvalue weighted by Gasteiger charge is 2.55. The first kappa shape index (κ1) is 17.6. The first-order chi connectivity index (χ1) is 11.8. The van der Waals surface area contributed by atoms with E-state index >= 15 is 0 Å². The summed E-state index contributed by atoms with van der Waals surface area (Å²) in [6.45, 7) is 4.36. The number of ketones is 1. The quantitative estimate of drug-likeness (QED) is 0.801. The lowest BCUT2D eigenvalue weighted by atomic mass is 9.81. The smallest absolute Gasteiger partial charge is 0.311 e. The molecule has 2 aliphatic rings. The molecule has 1 aromatic rings. The molecule has 2 fully saturated rings. The van der Waals surface area contributed by atoms with Crippen molar-refractivity contribution >= 4 is 23.3 Å². The SMILES string of the molecule is CC(=O)c1cccc(NC(=O)C(C)N2C[C@@H]3CCC[C@@]3(C(=O)O)C2)c1. The molecular weight excluding hydrogens is 320 g/mol. The second kappa shape index (κ2) is 6.59. The van der Waals surface area contributed by atoms with Crippen molar-refractivity contribution in [2.75, 3.05) is 18.4 Å². The molecule has 1 saturated carbocycles. The number of benzene rings is 1. The molecule has 6 heteroatoms. The lowest BCUT2D eigenvalue weighted by Crippen LogP contribution is -2.43. The number of hydrogen-bond donors (Lipinski definition) is 2. The predicted octanol–water partition coefficient (Wildman–Crippen LogP) is 2.40. The number of likely N-dealkylation sites (tertiary alicyclic amines) is 1. The number of carboxylic acid groups (broad SMARTS) is 1. The van der Waals surface area contributed by atoms with Gasteiger partial charge in [0.15, 0.2) is 5.78 Å². The highest BCUT2D eigenvalue weighted by atomic mass is 16.4. The maximum absolute atomic E-state index is 12.6. The average molecular weight is 344 g/mol. The Balaban J connectivity index is 1.68. The Labute approximate surface area is 147 Å². The Bertz CT molecular complexity index is 717. The number of fused-ring (bicyclic) bond motifs is 1. The van der Waals surface area contributed by atoms with E-state index in [0.717, 1.165) is 12.8 Å². The molecule has 1 aliphatic heterocycles. The van der Waals surface area contributed by atoms with Crippen LogP contribution in [-0.2, 0) is 9.59 Å². The Morgan fingerprint density at radius 3 is 2.76 bits per heavy atom. The van der Waals surface area contributed by atoms with Gasteiger partial charge in [-0.15, -0.1) is 0 Å². The second-order valence-corrected chi connectivity index (χ2v) is 7.28. The van der Waals surface area contributed by atoms with Crippen LogP contribution in [0.25, 0.3) is 0 Å². The highest BCUT2D eigenvalue weighted by Crippen LogP contribution is 2.49. The van der Waals surface area contributed by atoms with Crippen molar-refractivity contribution in [1.82, 2.24) is 4.90 Å². The minimum Gasteiger partial charge on any atom is -0.481 e. The van der Waals surface area contributed by atoms with Gasteiger partial charge in [-0.25, -0.2) is 0 Å². The summed E-state index contributed by atoms with van der Waals surface area (Å²) in [6.07, 6.45) is 2.56. The third-order valence-electron chi connectivity index (χ3n) is 5.79. The van der Waals surface area contributed by atoms with Gasteiger partial charge >= 0.3 is 5.97 Å². The highest BCUT2D eigenvalue weighted by molar-refractivity contribution is 5.98. The minimum absolute atomic E-state index is 0.0556. The van der Waals surface area contributed by atoms with Gasteiger partial charge in [-0.05, 0) is 44.7 Å². The first-order valence-electron chi connectivity index (χ1n) is 8.73. The van der Waals surface area contributed by atoms with Gasteiger partial charge in [-0.1, -0.05) is 18.6 Å².